The van der Waals surface area contributed by atoms with Crippen LogP contribution in [0.15, 0.2) is 39.8 Å². The number of likely N-dealkylation sites (tertiary alicyclic amines) is 1. The minimum atomic E-state index is -0.771. The Bertz CT molecular complexity index is 1510. The van der Waals surface area contributed by atoms with E-state index >= 15 is 0 Å². The van der Waals surface area contributed by atoms with E-state index in [0.717, 1.165) is 33.6 Å². The molecule has 10 nitrogen and oxygen atoms in total. The number of nitrogens with one attached hydrogen (secondary N) is 2. The van der Waals surface area contributed by atoms with E-state index in [9.17, 15) is 14.4 Å². The van der Waals surface area contributed by atoms with Crippen molar-refractivity contribution in [3.8, 4) is 0 Å². The minimum Gasteiger partial charge on any atom is -0.358 e. The van der Waals surface area contributed by atoms with E-state index in [4.69, 9.17) is 9.51 Å². The average Bonchev–Trinajstić information content (AvgIpc) is 3.45. The number of hydrogen-bond donors (Lipinski definition) is 2. The van der Waals surface area contributed by atoms with Crippen LogP contribution in [0, 0.1) is 5.92 Å². The second-order valence-electron chi connectivity index (χ2n) is 9.64. The summed E-state index contributed by atoms with van der Waals surface area (Å²) in [6.45, 7) is 4.68. The topological polar surface area (TPSA) is 124 Å². The summed E-state index contributed by atoms with van der Waals surface area (Å²) in [5, 5.41) is 6.03. The number of carbonyl (C=O) groups excluding carboxylic acids is 2. The van der Waals surface area contributed by atoms with Gasteiger partial charge in [0.15, 0.2) is 0 Å². The summed E-state index contributed by atoms with van der Waals surface area (Å²) in [7, 11) is 4.06. The molecule has 2 unspecified atom stereocenters. The highest BCUT2D eigenvalue weighted by Crippen LogP contribution is 2.36. The maximum Gasteiger partial charge on any atom is 0.313 e. The Morgan fingerprint density at radius 3 is 2.86 bits per heavy atom. The molecular weight excluding hydrogens is 480 g/mol. The molecule has 1 aliphatic heterocycles. The van der Waals surface area contributed by atoms with Crippen LogP contribution < -0.4 is 10.9 Å². The predicted molar refractivity (Wildman–Crippen MR) is 138 cm³/mol. The van der Waals surface area contributed by atoms with Gasteiger partial charge in [-0.25, -0.2) is 9.97 Å². The molecule has 0 saturated carbocycles. The van der Waals surface area contributed by atoms with Gasteiger partial charge in [0.2, 0.25) is 0 Å². The molecule has 5 rings (SSSR count). The number of piperidine rings is 1. The molecule has 3 aromatic heterocycles. The van der Waals surface area contributed by atoms with Gasteiger partial charge >= 0.3 is 11.8 Å². The highest BCUT2D eigenvalue weighted by atomic mass is 32.1. The summed E-state index contributed by atoms with van der Waals surface area (Å²) in [6, 6.07) is 7.55. The van der Waals surface area contributed by atoms with Crippen molar-refractivity contribution in [2.24, 2.45) is 5.92 Å². The highest BCUT2D eigenvalue weighted by molar-refractivity contribution is 7.18. The first-order valence-corrected chi connectivity index (χ1v) is 12.7. The van der Waals surface area contributed by atoms with Crippen LogP contribution >= 0.6 is 11.3 Å². The number of amides is 2. The third-order valence-electron chi connectivity index (χ3n) is 6.81. The summed E-state index contributed by atoms with van der Waals surface area (Å²) >= 11 is 1.67. The fourth-order valence-corrected chi connectivity index (χ4v) is 5.62. The van der Waals surface area contributed by atoms with Crippen LogP contribution in [0.1, 0.15) is 49.3 Å². The first-order chi connectivity index (χ1) is 17.2. The number of rotatable bonds is 4. The number of thiazole rings is 1. The normalized spacial score (nSPS) is 19.2. The van der Waals surface area contributed by atoms with Gasteiger partial charge in [0.25, 0.3) is 11.3 Å². The van der Waals surface area contributed by atoms with Crippen LogP contribution in [0.25, 0.3) is 21.3 Å². The fraction of sp³-hybridized carbons (Fsp3) is 0.400. The molecule has 1 fully saturated rings. The zero-order valence-electron chi connectivity index (χ0n) is 20.6. The lowest BCUT2D eigenvalue weighted by Crippen LogP contribution is -2.46. The van der Waals surface area contributed by atoms with Crippen LogP contribution in [0.5, 0.6) is 0 Å². The number of hydrogen-bond acceptors (Lipinski definition) is 8. The Morgan fingerprint density at radius 1 is 1.28 bits per heavy atom. The number of benzene rings is 1. The van der Waals surface area contributed by atoms with Gasteiger partial charge in [-0.05, 0) is 63.5 Å². The van der Waals surface area contributed by atoms with Crippen molar-refractivity contribution in [2.75, 3.05) is 26.0 Å². The maximum atomic E-state index is 13.3. The number of anilines is 1. The van der Waals surface area contributed by atoms with Crippen LogP contribution in [0.3, 0.4) is 0 Å². The molecule has 0 spiro atoms. The molecule has 1 aromatic carbocycles. The first kappa shape index (κ1) is 24.1. The smallest absolute Gasteiger partial charge is 0.313 e. The SMILES string of the molecule is CC1CC[C@H](c2ccc3sc(C(C)N(C)C)nc3c2)N(C(=O)C(=O)Nc2cnc3o[nH]c(=O)c3c2)C1. The van der Waals surface area contributed by atoms with E-state index in [1.807, 2.05) is 26.2 Å². The molecule has 3 atom stereocenters. The van der Waals surface area contributed by atoms with Gasteiger partial charge in [-0.1, -0.05) is 13.0 Å². The summed E-state index contributed by atoms with van der Waals surface area (Å²) in [6.07, 6.45) is 3.07. The number of nitrogens with zero attached hydrogens (tertiary/aromatic N) is 4. The summed E-state index contributed by atoms with van der Waals surface area (Å²) in [4.78, 5) is 50.7. The fourth-order valence-electron chi connectivity index (χ4n) is 4.52. The molecule has 11 heteroatoms. The molecular formula is C25H28N6O4S. The third kappa shape index (κ3) is 4.51. The van der Waals surface area contributed by atoms with E-state index < -0.39 is 17.4 Å². The van der Waals surface area contributed by atoms with E-state index in [0.29, 0.717) is 6.54 Å². The molecule has 188 valence electrons. The molecule has 4 aromatic rings. The second kappa shape index (κ2) is 9.47. The molecule has 36 heavy (non-hydrogen) atoms. The molecule has 0 aliphatic carbocycles. The molecule has 2 amide bonds. The quantitative estimate of drug-likeness (QED) is 0.403. The first-order valence-electron chi connectivity index (χ1n) is 11.9. The van der Waals surface area contributed by atoms with E-state index in [1.54, 1.807) is 16.2 Å². The Balaban J connectivity index is 1.39. The standard InChI is InChI=1S/C25H28N6O4S/c1-13-5-7-19(15-6-8-20-18(9-15)28-24(36-20)14(2)30(3)4)31(12-13)25(34)22(33)27-16-10-17-21(32)29-35-23(17)26-11-16/h6,8-11,13-14,19H,5,7,12H2,1-4H3,(H,27,33)(H,29,32)/t13?,14?,19-/m1/s1. The van der Waals surface area contributed by atoms with Crippen molar-refractivity contribution in [1.29, 1.82) is 0 Å². The highest BCUT2D eigenvalue weighted by Gasteiger charge is 2.34. The number of fused-ring (bicyclic) bond motifs is 2. The summed E-state index contributed by atoms with van der Waals surface area (Å²) < 4.78 is 6.04. The maximum absolute atomic E-state index is 13.3. The number of carbonyl (C=O) groups is 2. The Labute approximate surface area is 211 Å². The number of aromatic nitrogens is 3. The predicted octanol–water partition coefficient (Wildman–Crippen LogP) is 3.69. The van der Waals surface area contributed by atoms with Gasteiger partial charge in [-0.15, -0.1) is 11.3 Å². The van der Waals surface area contributed by atoms with Gasteiger partial charge in [-0.3, -0.25) is 14.4 Å². The lowest BCUT2D eigenvalue weighted by Gasteiger charge is -2.38. The number of pyridine rings is 1. The van der Waals surface area contributed by atoms with E-state index in [2.05, 4.69) is 40.3 Å². The molecule has 0 radical (unpaired) electrons. The van der Waals surface area contributed by atoms with Crippen molar-refractivity contribution < 1.29 is 14.1 Å². The largest absolute Gasteiger partial charge is 0.358 e. The Kier molecular flexibility index (Phi) is 6.35. The molecule has 1 saturated heterocycles. The van der Waals surface area contributed by atoms with Gasteiger partial charge in [-0.2, -0.15) is 5.16 Å². The van der Waals surface area contributed by atoms with Crippen LogP contribution in [0.4, 0.5) is 5.69 Å². The molecule has 4 heterocycles. The van der Waals surface area contributed by atoms with Crippen molar-refractivity contribution in [3.63, 3.8) is 0 Å². The number of H-pyrrole nitrogens is 1. The van der Waals surface area contributed by atoms with E-state index in [-0.39, 0.29) is 34.8 Å². The minimum absolute atomic E-state index is 0.134. The average molecular weight is 509 g/mol. The van der Waals surface area contributed by atoms with Gasteiger partial charge in [0.05, 0.1) is 34.2 Å². The molecule has 1 aliphatic rings. The van der Waals surface area contributed by atoms with Crippen molar-refractivity contribution in [3.05, 3.63) is 51.4 Å². The summed E-state index contributed by atoms with van der Waals surface area (Å²) in [5.41, 5.74) is 1.81. The van der Waals surface area contributed by atoms with Crippen molar-refractivity contribution in [1.82, 2.24) is 24.9 Å². The van der Waals surface area contributed by atoms with Crippen LogP contribution in [0.2, 0.25) is 0 Å². The van der Waals surface area contributed by atoms with Crippen LogP contribution in [-0.2, 0) is 9.59 Å². The zero-order chi connectivity index (χ0) is 25.6. The van der Waals surface area contributed by atoms with Gasteiger partial charge < -0.3 is 19.6 Å². The van der Waals surface area contributed by atoms with Crippen molar-refractivity contribution >= 4 is 50.2 Å². The van der Waals surface area contributed by atoms with E-state index in [1.165, 1.54) is 12.3 Å². The molecule has 2 N–H and O–H groups in total. The number of aromatic amines is 1. The van der Waals surface area contributed by atoms with Crippen molar-refractivity contribution in [2.45, 2.75) is 38.8 Å². The monoisotopic (exact) mass is 508 g/mol. The lowest BCUT2D eigenvalue weighted by atomic mass is 9.89. The lowest BCUT2D eigenvalue weighted by molar-refractivity contribution is -0.146. The Morgan fingerprint density at radius 2 is 2.08 bits per heavy atom. The second-order valence-corrected chi connectivity index (χ2v) is 10.7. The molecule has 0 bridgehead atoms. The third-order valence-corrected chi connectivity index (χ3v) is 8.02. The summed E-state index contributed by atoms with van der Waals surface area (Å²) in [5.74, 6) is -1.11. The van der Waals surface area contributed by atoms with Gasteiger partial charge in [0.1, 0.15) is 10.4 Å². The van der Waals surface area contributed by atoms with Gasteiger partial charge in [0, 0.05) is 6.54 Å². The zero-order valence-corrected chi connectivity index (χ0v) is 21.4. The van der Waals surface area contributed by atoms with Crippen LogP contribution in [-0.4, -0.2) is 57.4 Å². The Hall–Kier alpha value is -3.57.